The first-order valence-corrected chi connectivity index (χ1v) is 5.17. The van der Waals surface area contributed by atoms with E-state index in [0.29, 0.717) is 12.8 Å². The van der Waals surface area contributed by atoms with Crippen molar-refractivity contribution in [2.24, 2.45) is 0 Å². The van der Waals surface area contributed by atoms with Crippen molar-refractivity contribution in [3.63, 3.8) is 0 Å². The molecule has 2 aliphatic rings. The van der Waals surface area contributed by atoms with Crippen molar-refractivity contribution in [2.45, 2.75) is 24.8 Å². The molecule has 2 unspecified atom stereocenters. The summed E-state index contributed by atoms with van der Waals surface area (Å²) in [6, 6.07) is 7.65. The summed E-state index contributed by atoms with van der Waals surface area (Å²) in [6.07, 6.45) is 0.975. The third-order valence-electron chi connectivity index (χ3n) is 3.30. The first kappa shape index (κ1) is 8.65. The molecule has 1 heterocycles. The second-order valence-electron chi connectivity index (χ2n) is 4.20. The van der Waals surface area contributed by atoms with Gasteiger partial charge in [0.1, 0.15) is 0 Å². The average Bonchev–Trinajstić information content (AvgIpc) is 2.59. The Morgan fingerprint density at radius 3 is 2.80 bits per heavy atom. The number of amides is 1. The number of hydrogen-bond acceptors (Lipinski definition) is 2. The van der Waals surface area contributed by atoms with Gasteiger partial charge in [-0.2, -0.15) is 0 Å². The molecule has 1 aromatic carbocycles. The van der Waals surface area contributed by atoms with Crippen molar-refractivity contribution in [2.75, 3.05) is 0 Å². The number of hydrogen-bond donors (Lipinski definition) is 1. The fourth-order valence-corrected chi connectivity index (χ4v) is 2.61. The number of Topliss-reactive ketones (excluding diaryl/α,β-unsaturated/α-hetero) is 1. The Balaban J connectivity index is 2.12. The predicted molar refractivity (Wildman–Crippen MR) is 54.7 cm³/mol. The molecule has 2 atom stereocenters. The van der Waals surface area contributed by atoms with E-state index in [-0.39, 0.29) is 23.7 Å². The van der Waals surface area contributed by atoms with Gasteiger partial charge >= 0.3 is 0 Å². The maximum Gasteiger partial charge on any atom is 0.220 e. The molecule has 0 aromatic heterocycles. The molecule has 3 heteroatoms. The molecule has 0 spiro atoms. The Hall–Kier alpha value is -1.64. The van der Waals surface area contributed by atoms with Crippen LogP contribution in [-0.2, 0) is 4.79 Å². The molecule has 0 saturated carbocycles. The summed E-state index contributed by atoms with van der Waals surface area (Å²) in [5.41, 5.74) is 1.84. The van der Waals surface area contributed by atoms with Crippen molar-refractivity contribution in [1.29, 1.82) is 0 Å². The smallest absolute Gasteiger partial charge is 0.220 e. The van der Waals surface area contributed by atoms with Crippen LogP contribution in [0.4, 0.5) is 0 Å². The largest absolute Gasteiger partial charge is 0.352 e. The van der Waals surface area contributed by atoms with Crippen LogP contribution in [0.2, 0.25) is 0 Å². The van der Waals surface area contributed by atoms with Gasteiger partial charge in [0.05, 0.1) is 0 Å². The Labute approximate surface area is 87.5 Å². The van der Waals surface area contributed by atoms with E-state index in [2.05, 4.69) is 5.32 Å². The van der Waals surface area contributed by atoms with Crippen molar-refractivity contribution in [3.8, 4) is 0 Å². The van der Waals surface area contributed by atoms with Gasteiger partial charge in [0.2, 0.25) is 5.91 Å². The summed E-state index contributed by atoms with van der Waals surface area (Å²) in [4.78, 5) is 23.1. The van der Waals surface area contributed by atoms with Gasteiger partial charge in [-0.05, 0) is 5.56 Å². The van der Waals surface area contributed by atoms with Crippen molar-refractivity contribution >= 4 is 11.7 Å². The minimum Gasteiger partial charge on any atom is -0.352 e. The molecule has 15 heavy (non-hydrogen) atoms. The normalized spacial score (nSPS) is 28.3. The van der Waals surface area contributed by atoms with E-state index >= 15 is 0 Å². The van der Waals surface area contributed by atoms with E-state index in [4.69, 9.17) is 0 Å². The Kier molecular flexibility index (Phi) is 1.69. The zero-order chi connectivity index (χ0) is 10.4. The average molecular weight is 201 g/mol. The van der Waals surface area contributed by atoms with Gasteiger partial charge in [-0.25, -0.2) is 0 Å². The number of ketones is 1. The number of rotatable bonds is 0. The van der Waals surface area contributed by atoms with E-state index in [1.54, 1.807) is 0 Å². The molecular weight excluding hydrogens is 190 g/mol. The lowest BCUT2D eigenvalue weighted by molar-refractivity contribution is -0.119. The first-order chi connectivity index (χ1) is 7.25. The molecule has 1 saturated heterocycles. The number of fused-ring (bicyclic) bond motifs is 3. The molecule has 1 N–H and O–H groups in total. The van der Waals surface area contributed by atoms with Gasteiger partial charge in [0.15, 0.2) is 5.78 Å². The molecule has 3 nitrogen and oxygen atoms in total. The van der Waals surface area contributed by atoms with E-state index in [1.807, 2.05) is 24.3 Å². The maximum absolute atomic E-state index is 11.8. The number of benzene rings is 1. The zero-order valence-corrected chi connectivity index (χ0v) is 8.19. The molecule has 1 amide bonds. The Morgan fingerprint density at radius 2 is 1.93 bits per heavy atom. The molecule has 1 aliphatic heterocycles. The molecule has 1 aromatic rings. The molecule has 0 bridgehead atoms. The number of nitrogens with one attached hydrogen (secondary N) is 1. The van der Waals surface area contributed by atoms with Crippen molar-refractivity contribution < 1.29 is 9.59 Å². The number of carbonyl (C=O) groups is 2. The third-order valence-corrected chi connectivity index (χ3v) is 3.30. The zero-order valence-electron chi connectivity index (χ0n) is 8.19. The molecule has 3 rings (SSSR count). The van der Waals surface area contributed by atoms with Gasteiger partial charge < -0.3 is 5.32 Å². The van der Waals surface area contributed by atoms with Crippen LogP contribution in [0.5, 0.6) is 0 Å². The fourth-order valence-electron chi connectivity index (χ4n) is 2.61. The lowest BCUT2D eigenvalue weighted by atomic mass is 9.79. The van der Waals surface area contributed by atoms with E-state index in [0.717, 1.165) is 11.1 Å². The molecule has 1 fully saturated rings. The highest BCUT2D eigenvalue weighted by Gasteiger charge is 2.40. The van der Waals surface area contributed by atoms with Crippen LogP contribution < -0.4 is 5.32 Å². The second-order valence-corrected chi connectivity index (χ2v) is 4.20. The Morgan fingerprint density at radius 1 is 1.13 bits per heavy atom. The van der Waals surface area contributed by atoms with Crippen LogP contribution >= 0.6 is 0 Å². The van der Waals surface area contributed by atoms with Gasteiger partial charge in [0, 0.05) is 30.4 Å². The summed E-state index contributed by atoms with van der Waals surface area (Å²) in [6.45, 7) is 0. The van der Waals surface area contributed by atoms with Crippen LogP contribution in [-0.4, -0.2) is 17.7 Å². The molecule has 0 radical (unpaired) electrons. The predicted octanol–water partition coefficient (Wildman–Crippen LogP) is 1.25. The summed E-state index contributed by atoms with van der Waals surface area (Å²) >= 11 is 0. The van der Waals surface area contributed by atoms with Gasteiger partial charge in [-0.15, -0.1) is 0 Å². The van der Waals surface area contributed by atoms with Gasteiger partial charge in [-0.1, -0.05) is 24.3 Å². The summed E-state index contributed by atoms with van der Waals surface area (Å²) in [5, 5.41) is 2.87. The molecule has 76 valence electrons. The highest BCUT2D eigenvalue weighted by atomic mass is 16.2. The summed E-state index contributed by atoms with van der Waals surface area (Å²) in [5.74, 6) is 0.412. The summed E-state index contributed by atoms with van der Waals surface area (Å²) < 4.78 is 0. The lowest BCUT2D eigenvalue weighted by Gasteiger charge is -2.26. The first-order valence-electron chi connectivity index (χ1n) is 5.17. The quantitative estimate of drug-likeness (QED) is 0.686. The van der Waals surface area contributed by atoms with Crippen LogP contribution in [0.25, 0.3) is 0 Å². The highest BCUT2D eigenvalue weighted by molar-refractivity contribution is 6.00. The maximum atomic E-state index is 11.8. The standard InChI is InChI=1S/C12H11NO2/c14-11-6-10-9(5-12(15)13-10)7-3-1-2-4-8(7)11/h1-4,9-10H,5-6H2,(H,13,15). The fraction of sp³-hybridized carbons (Fsp3) is 0.333. The van der Waals surface area contributed by atoms with Crippen LogP contribution in [0, 0.1) is 0 Å². The van der Waals surface area contributed by atoms with Crippen LogP contribution in [0.1, 0.15) is 34.7 Å². The second kappa shape index (κ2) is 2.92. The minimum absolute atomic E-state index is 0.0277. The lowest BCUT2D eigenvalue weighted by Crippen LogP contribution is -2.34. The van der Waals surface area contributed by atoms with Crippen LogP contribution in [0.3, 0.4) is 0 Å². The van der Waals surface area contributed by atoms with Gasteiger partial charge in [-0.3, -0.25) is 9.59 Å². The van der Waals surface area contributed by atoms with Gasteiger partial charge in [0.25, 0.3) is 0 Å². The molecule has 1 aliphatic carbocycles. The van der Waals surface area contributed by atoms with Crippen molar-refractivity contribution in [1.82, 2.24) is 5.32 Å². The third kappa shape index (κ3) is 1.19. The van der Waals surface area contributed by atoms with E-state index < -0.39 is 0 Å². The van der Waals surface area contributed by atoms with E-state index in [1.165, 1.54) is 0 Å². The monoisotopic (exact) mass is 201 g/mol. The highest BCUT2D eigenvalue weighted by Crippen LogP contribution is 2.37. The Bertz CT molecular complexity index is 453. The molecular formula is C12H11NO2. The van der Waals surface area contributed by atoms with Crippen LogP contribution in [0.15, 0.2) is 24.3 Å². The van der Waals surface area contributed by atoms with E-state index in [9.17, 15) is 9.59 Å². The van der Waals surface area contributed by atoms with Crippen molar-refractivity contribution in [3.05, 3.63) is 35.4 Å². The SMILES string of the molecule is O=C1CC2c3ccccc3C(=O)CC2N1. The summed E-state index contributed by atoms with van der Waals surface area (Å²) in [7, 11) is 0. The number of carbonyl (C=O) groups excluding carboxylic acids is 2. The topological polar surface area (TPSA) is 46.2 Å². The minimum atomic E-state index is 0.0277.